The number of carbonyl (C=O) groups excluding carboxylic acids is 3. The highest BCUT2D eigenvalue weighted by molar-refractivity contribution is 5.97. The Labute approximate surface area is 169 Å². The van der Waals surface area contributed by atoms with Gasteiger partial charge in [-0.25, -0.2) is 0 Å². The molecule has 154 valence electrons. The van der Waals surface area contributed by atoms with Gasteiger partial charge in [0.2, 0.25) is 0 Å². The van der Waals surface area contributed by atoms with Crippen LogP contribution in [0, 0.1) is 13.8 Å². The maximum absolute atomic E-state index is 12.2. The summed E-state index contributed by atoms with van der Waals surface area (Å²) in [6, 6.07) is 10.2. The second-order valence-electron chi connectivity index (χ2n) is 6.24. The molecule has 0 heterocycles. The molecular formula is C21H24N2O6. The Morgan fingerprint density at radius 2 is 1.62 bits per heavy atom. The number of amides is 2. The molecule has 8 nitrogen and oxygen atoms in total. The van der Waals surface area contributed by atoms with Gasteiger partial charge in [0.25, 0.3) is 11.8 Å². The fourth-order valence-corrected chi connectivity index (χ4v) is 2.46. The average Bonchev–Trinajstić information content (AvgIpc) is 2.73. The van der Waals surface area contributed by atoms with Crippen LogP contribution in [-0.4, -0.2) is 45.2 Å². The molecule has 0 aliphatic rings. The monoisotopic (exact) mass is 400 g/mol. The maximum Gasteiger partial charge on any atom is 0.325 e. The first-order valence-electron chi connectivity index (χ1n) is 8.87. The summed E-state index contributed by atoms with van der Waals surface area (Å²) < 4.78 is 15.1. The van der Waals surface area contributed by atoms with Crippen LogP contribution < -0.4 is 20.1 Å². The van der Waals surface area contributed by atoms with Crippen LogP contribution in [-0.2, 0) is 14.3 Å². The summed E-state index contributed by atoms with van der Waals surface area (Å²) in [4.78, 5) is 36.0. The summed E-state index contributed by atoms with van der Waals surface area (Å²) in [6.45, 7) is 3.00. The van der Waals surface area contributed by atoms with E-state index in [0.717, 1.165) is 11.1 Å². The van der Waals surface area contributed by atoms with Crippen LogP contribution in [0.25, 0.3) is 0 Å². The minimum Gasteiger partial charge on any atom is -0.497 e. The Balaban J connectivity index is 1.83. The van der Waals surface area contributed by atoms with Crippen molar-refractivity contribution in [3.05, 3.63) is 53.1 Å². The molecule has 0 unspecified atom stereocenters. The quantitative estimate of drug-likeness (QED) is 0.659. The minimum atomic E-state index is -0.732. The van der Waals surface area contributed by atoms with E-state index in [1.807, 2.05) is 26.0 Å². The fraction of sp³-hybridized carbons (Fsp3) is 0.286. The summed E-state index contributed by atoms with van der Waals surface area (Å²) in [5, 5.41) is 5.13. The summed E-state index contributed by atoms with van der Waals surface area (Å²) in [6.07, 6.45) is 0. The lowest BCUT2D eigenvalue weighted by Crippen LogP contribution is -2.32. The third-order valence-electron chi connectivity index (χ3n) is 4.25. The third kappa shape index (κ3) is 6.24. The Kier molecular flexibility index (Phi) is 7.59. The van der Waals surface area contributed by atoms with Gasteiger partial charge in [-0.3, -0.25) is 14.4 Å². The van der Waals surface area contributed by atoms with Crippen molar-refractivity contribution >= 4 is 23.5 Å². The first-order valence-corrected chi connectivity index (χ1v) is 8.87. The number of carbonyl (C=O) groups is 3. The number of anilines is 1. The van der Waals surface area contributed by atoms with E-state index in [2.05, 4.69) is 10.6 Å². The molecule has 29 heavy (non-hydrogen) atoms. The lowest BCUT2D eigenvalue weighted by molar-refractivity contribution is -0.146. The summed E-state index contributed by atoms with van der Waals surface area (Å²) >= 11 is 0. The van der Waals surface area contributed by atoms with Gasteiger partial charge in [-0.15, -0.1) is 0 Å². The minimum absolute atomic E-state index is 0.265. The largest absolute Gasteiger partial charge is 0.497 e. The number of methoxy groups -OCH3 is 2. The normalized spacial score (nSPS) is 10.1. The Morgan fingerprint density at radius 3 is 2.24 bits per heavy atom. The molecule has 0 atom stereocenters. The van der Waals surface area contributed by atoms with Gasteiger partial charge in [0.15, 0.2) is 6.61 Å². The van der Waals surface area contributed by atoms with Crippen molar-refractivity contribution in [3.63, 3.8) is 0 Å². The molecule has 0 spiro atoms. The highest BCUT2D eigenvalue weighted by Gasteiger charge is 2.13. The smallest absolute Gasteiger partial charge is 0.325 e. The van der Waals surface area contributed by atoms with Crippen molar-refractivity contribution < 1.29 is 28.6 Å². The van der Waals surface area contributed by atoms with Crippen LogP contribution in [0.4, 0.5) is 5.69 Å². The molecule has 0 saturated carbocycles. The number of ether oxygens (including phenoxy) is 3. The molecule has 0 aliphatic heterocycles. The molecule has 0 fully saturated rings. The summed E-state index contributed by atoms with van der Waals surface area (Å²) in [7, 11) is 2.94. The van der Waals surface area contributed by atoms with Crippen molar-refractivity contribution in [3.8, 4) is 11.5 Å². The van der Waals surface area contributed by atoms with Crippen molar-refractivity contribution in [2.75, 3.05) is 32.7 Å². The number of rotatable bonds is 8. The van der Waals surface area contributed by atoms with E-state index in [1.165, 1.54) is 26.4 Å². The Bertz CT molecular complexity index is 888. The number of nitrogens with one attached hydrogen (secondary N) is 2. The Hall–Kier alpha value is -3.55. The molecular weight excluding hydrogens is 376 g/mol. The van der Waals surface area contributed by atoms with Crippen LogP contribution in [0.3, 0.4) is 0 Å². The molecule has 2 rings (SSSR count). The molecule has 2 amide bonds. The topological polar surface area (TPSA) is 103 Å². The fourth-order valence-electron chi connectivity index (χ4n) is 2.46. The molecule has 0 saturated heterocycles. The van der Waals surface area contributed by atoms with Gasteiger partial charge in [0.05, 0.1) is 14.2 Å². The maximum atomic E-state index is 12.2. The molecule has 0 bridgehead atoms. The zero-order valence-electron chi connectivity index (χ0n) is 16.8. The molecule has 2 aromatic carbocycles. The van der Waals surface area contributed by atoms with Gasteiger partial charge in [0, 0.05) is 17.3 Å². The van der Waals surface area contributed by atoms with Crippen LogP contribution in [0.5, 0.6) is 11.5 Å². The van der Waals surface area contributed by atoms with E-state index in [4.69, 9.17) is 14.2 Å². The molecule has 8 heteroatoms. The van der Waals surface area contributed by atoms with E-state index in [-0.39, 0.29) is 12.1 Å². The number of esters is 1. The first kappa shape index (κ1) is 21.7. The van der Waals surface area contributed by atoms with Gasteiger partial charge < -0.3 is 24.8 Å². The zero-order chi connectivity index (χ0) is 21.4. The van der Waals surface area contributed by atoms with E-state index >= 15 is 0 Å². The number of benzene rings is 2. The van der Waals surface area contributed by atoms with Crippen LogP contribution in [0.1, 0.15) is 21.5 Å². The van der Waals surface area contributed by atoms with E-state index < -0.39 is 24.4 Å². The van der Waals surface area contributed by atoms with E-state index in [9.17, 15) is 14.4 Å². The summed E-state index contributed by atoms with van der Waals surface area (Å²) in [5.74, 6) is -0.806. The average molecular weight is 400 g/mol. The molecule has 0 aromatic heterocycles. The van der Waals surface area contributed by atoms with Crippen LogP contribution in [0.2, 0.25) is 0 Å². The highest BCUT2D eigenvalue weighted by Crippen LogP contribution is 2.22. The lowest BCUT2D eigenvalue weighted by Gasteiger charge is -2.11. The van der Waals surface area contributed by atoms with Gasteiger partial charge in [-0.1, -0.05) is 12.1 Å². The molecule has 2 N–H and O–H groups in total. The van der Waals surface area contributed by atoms with E-state index in [0.29, 0.717) is 17.2 Å². The first-order chi connectivity index (χ1) is 13.8. The standard InChI is InChI=1S/C21H24N2O6/c1-13-6-5-7-18(14(13)2)23-19(24)12-29-20(25)11-22-21(26)15-8-16(27-3)10-17(9-15)28-4/h5-10H,11-12H2,1-4H3,(H,22,26)(H,23,24). The second-order valence-corrected chi connectivity index (χ2v) is 6.24. The molecule has 2 aromatic rings. The Morgan fingerprint density at radius 1 is 0.966 bits per heavy atom. The van der Waals surface area contributed by atoms with Crippen molar-refractivity contribution in [1.29, 1.82) is 0 Å². The van der Waals surface area contributed by atoms with Gasteiger partial charge in [0.1, 0.15) is 18.0 Å². The van der Waals surface area contributed by atoms with Crippen LogP contribution in [0.15, 0.2) is 36.4 Å². The van der Waals surface area contributed by atoms with Crippen molar-refractivity contribution in [2.24, 2.45) is 0 Å². The second kappa shape index (κ2) is 10.1. The highest BCUT2D eigenvalue weighted by atomic mass is 16.5. The van der Waals surface area contributed by atoms with Gasteiger partial charge >= 0.3 is 5.97 Å². The zero-order valence-corrected chi connectivity index (χ0v) is 16.8. The number of hydrogen-bond acceptors (Lipinski definition) is 6. The third-order valence-corrected chi connectivity index (χ3v) is 4.25. The SMILES string of the molecule is COc1cc(OC)cc(C(=O)NCC(=O)OCC(=O)Nc2cccc(C)c2C)c1. The van der Waals surface area contributed by atoms with E-state index in [1.54, 1.807) is 12.1 Å². The predicted octanol–water partition coefficient (Wildman–Crippen LogP) is 2.23. The van der Waals surface area contributed by atoms with Crippen LogP contribution >= 0.6 is 0 Å². The lowest BCUT2D eigenvalue weighted by atomic mass is 10.1. The predicted molar refractivity (Wildman–Crippen MR) is 107 cm³/mol. The molecule has 0 aliphatic carbocycles. The molecule has 0 radical (unpaired) electrons. The number of aryl methyl sites for hydroxylation is 1. The van der Waals surface area contributed by atoms with Gasteiger partial charge in [-0.2, -0.15) is 0 Å². The van der Waals surface area contributed by atoms with Gasteiger partial charge in [-0.05, 0) is 43.2 Å². The van der Waals surface area contributed by atoms with Crippen molar-refractivity contribution in [1.82, 2.24) is 5.32 Å². The number of hydrogen-bond donors (Lipinski definition) is 2. The van der Waals surface area contributed by atoms with Crippen molar-refractivity contribution in [2.45, 2.75) is 13.8 Å². The summed E-state index contributed by atoms with van der Waals surface area (Å²) in [5.41, 5.74) is 2.90.